The zero-order valence-corrected chi connectivity index (χ0v) is 31.6. The summed E-state index contributed by atoms with van der Waals surface area (Å²) in [6.07, 6.45) is 4.14. The molecular weight excluding hydrogens is 717 g/mol. The first-order valence-electron chi connectivity index (χ1n) is 17.4. The van der Waals surface area contributed by atoms with Crippen LogP contribution in [-0.2, 0) is 16.0 Å². The van der Waals surface area contributed by atoms with Crippen LogP contribution in [0.1, 0.15) is 39.0 Å². The van der Waals surface area contributed by atoms with Crippen molar-refractivity contribution in [3.63, 3.8) is 0 Å². The summed E-state index contributed by atoms with van der Waals surface area (Å²) in [6, 6.07) is 12.6. The van der Waals surface area contributed by atoms with Crippen molar-refractivity contribution in [2.24, 2.45) is 5.41 Å². The first-order valence-corrected chi connectivity index (χ1v) is 18.2. The Balaban J connectivity index is 1.24. The van der Waals surface area contributed by atoms with Gasteiger partial charge in [0.15, 0.2) is 17.3 Å². The number of hydrogen-bond acceptors (Lipinski definition) is 10. The fraction of sp³-hybridized carbons (Fsp3) is 0.474. The molecule has 0 radical (unpaired) electrons. The lowest BCUT2D eigenvalue weighted by atomic mass is 9.73. The van der Waals surface area contributed by atoms with E-state index in [1.807, 2.05) is 24.3 Å². The van der Waals surface area contributed by atoms with E-state index in [0.717, 1.165) is 54.2 Å². The highest BCUT2D eigenvalue weighted by atomic mass is 79.9. The van der Waals surface area contributed by atoms with E-state index in [9.17, 15) is 9.18 Å². The van der Waals surface area contributed by atoms with Gasteiger partial charge in [0.1, 0.15) is 5.82 Å². The molecule has 2 aliphatic heterocycles. The number of fused-ring (bicyclic) bond motifs is 1. The zero-order valence-electron chi connectivity index (χ0n) is 30.0. The lowest BCUT2D eigenvalue weighted by Gasteiger charge is -2.50. The Hall–Kier alpha value is -3.91. The van der Waals surface area contributed by atoms with Gasteiger partial charge in [-0.1, -0.05) is 29.8 Å². The summed E-state index contributed by atoms with van der Waals surface area (Å²) in [5, 5.41) is 14.1. The van der Waals surface area contributed by atoms with Gasteiger partial charge in [-0.2, -0.15) is 5.10 Å². The van der Waals surface area contributed by atoms with Crippen molar-refractivity contribution in [3.05, 3.63) is 76.4 Å². The number of rotatable bonds is 12. The van der Waals surface area contributed by atoms with Crippen molar-refractivity contribution < 1.29 is 23.4 Å². The maximum atomic E-state index is 14.3. The van der Waals surface area contributed by atoms with Crippen LogP contribution in [0.4, 0.5) is 15.9 Å². The van der Waals surface area contributed by atoms with Crippen molar-refractivity contribution in [2.45, 2.75) is 39.7 Å². The van der Waals surface area contributed by atoms with E-state index in [1.54, 1.807) is 31.6 Å². The molecule has 2 saturated heterocycles. The van der Waals surface area contributed by atoms with Gasteiger partial charge in [-0.3, -0.25) is 19.6 Å². The third-order valence-electron chi connectivity index (χ3n) is 10.5. The monoisotopic (exact) mass is 763 g/mol. The number of carbonyl (C=O) groups excluding carboxylic acids is 1. The van der Waals surface area contributed by atoms with E-state index in [2.05, 4.69) is 68.6 Å². The minimum atomic E-state index is -0.482. The van der Waals surface area contributed by atoms with Crippen LogP contribution in [-0.4, -0.2) is 109 Å². The van der Waals surface area contributed by atoms with Crippen LogP contribution < -0.4 is 19.7 Å². The molecule has 0 atom stereocenters. The topological polar surface area (TPSA) is 105 Å². The van der Waals surface area contributed by atoms with Gasteiger partial charge >= 0.3 is 0 Å². The zero-order chi connectivity index (χ0) is 36.2. The molecule has 0 bridgehead atoms. The van der Waals surface area contributed by atoms with Gasteiger partial charge in [0, 0.05) is 84.3 Å². The molecule has 2 fully saturated rings. The van der Waals surface area contributed by atoms with Crippen LogP contribution in [0.15, 0.2) is 59.3 Å². The van der Waals surface area contributed by atoms with Crippen molar-refractivity contribution in [2.75, 3.05) is 83.0 Å². The summed E-state index contributed by atoms with van der Waals surface area (Å²) in [6.45, 7) is 15.5. The normalized spacial score (nSPS) is 16.3. The van der Waals surface area contributed by atoms with E-state index >= 15 is 0 Å². The molecular formula is C38H47BrFN7O4. The number of nitrogens with one attached hydrogen (secondary N) is 1. The average Bonchev–Trinajstić information content (AvgIpc) is 3.13. The molecule has 0 aliphatic carbocycles. The van der Waals surface area contributed by atoms with Crippen LogP contribution in [0.5, 0.6) is 11.5 Å². The SMILES string of the molecule is COc1cc2c(Cc3ccncc3)nnc(N3CCN(CC(=O)Nc4ccc(Br)cc4F)CC3)c2cc1OCC(C)(C)C(C)(C)N1CCOCC1. The highest BCUT2D eigenvalue weighted by Gasteiger charge is 2.43. The highest BCUT2D eigenvalue weighted by molar-refractivity contribution is 9.10. The minimum absolute atomic E-state index is 0.141. The van der Waals surface area contributed by atoms with E-state index in [-0.39, 0.29) is 29.1 Å². The number of carbonyl (C=O) groups is 1. The van der Waals surface area contributed by atoms with Crippen LogP contribution in [0.25, 0.3) is 10.8 Å². The predicted molar refractivity (Wildman–Crippen MR) is 200 cm³/mol. The number of anilines is 2. The summed E-state index contributed by atoms with van der Waals surface area (Å²) >= 11 is 3.25. The first kappa shape index (κ1) is 36.9. The molecule has 6 rings (SSSR count). The fourth-order valence-electron chi connectivity index (χ4n) is 6.62. The molecule has 2 aromatic carbocycles. The van der Waals surface area contributed by atoms with Crippen LogP contribution >= 0.6 is 15.9 Å². The predicted octanol–water partition coefficient (Wildman–Crippen LogP) is 5.80. The second-order valence-corrected chi connectivity index (χ2v) is 15.2. The molecule has 4 heterocycles. The molecule has 0 spiro atoms. The standard InChI is InChI=1S/C38H47BrFN7O4/c1-37(2,38(3,4)47-16-18-50-19-17-47)25-51-34-23-29-28(22-33(34)49-5)32(20-26-8-10-41-11-9-26)43-44-36(29)46-14-12-45(13-15-46)24-35(48)42-31-7-6-27(39)21-30(31)40/h6-11,21-23H,12-20,24-25H2,1-5H3,(H,42,48). The lowest BCUT2D eigenvalue weighted by molar-refractivity contribution is -0.117. The summed E-state index contributed by atoms with van der Waals surface area (Å²) in [5.41, 5.74) is 1.72. The Labute approximate surface area is 307 Å². The lowest BCUT2D eigenvalue weighted by Crippen LogP contribution is -2.59. The molecule has 2 aliphatic rings. The Morgan fingerprint density at radius 3 is 2.33 bits per heavy atom. The summed E-state index contributed by atoms with van der Waals surface area (Å²) < 4.78 is 33.1. The quantitative estimate of drug-likeness (QED) is 0.190. The molecule has 0 saturated carbocycles. The summed E-state index contributed by atoms with van der Waals surface area (Å²) in [7, 11) is 1.66. The maximum absolute atomic E-state index is 14.3. The van der Waals surface area contributed by atoms with Crippen LogP contribution in [0.2, 0.25) is 0 Å². The van der Waals surface area contributed by atoms with E-state index < -0.39 is 5.82 Å². The largest absolute Gasteiger partial charge is 0.493 e. The molecule has 1 N–H and O–H groups in total. The van der Waals surface area contributed by atoms with E-state index in [1.165, 1.54) is 6.07 Å². The van der Waals surface area contributed by atoms with Gasteiger partial charge in [-0.25, -0.2) is 4.39 Å². The Morgan fingerprint density at radius 2 is 1.65 bits per heavy atom. The second kappa shape index (κ2) is 15.8. The van der Waals surface area contributed by atoms with Crippen molar-refractivity contribution in [3.8, 4) is 11.5 Å². The number of nitrogens with zero attached hydrogens (tertiary/aromatic N) is 6. The highest BCUT2D eigenvalue weighted by Crippen LogP contribution is 2.41. The van der Waals surface area contributed by atoms with Gasteiger partial charge in [-0.15, -0.1) is 5.10 Å². The number of halogens is 2. The van der Waals surface area contributed by atoms with Gasteiger partial charge in [0.05, 0.1) is 44.9 Å². The number of benzene rings is 2. The molecule has 51 heavy (non-hydrogen) atoms. The molecule has 2 aromatic heterocycles. The number of methoxy groups -OCH3 is 1. The molecule has 272 valence electrons. The van der Waals surface area contributed by atoms with E-state index in [4.69, 9.17) is 24.4 Å². The fourth-order valence-corrected chi connectivity index (χ4v) is 6.95. The third kappa shape index (κ3) is 8.43. The number of amides is 1. The number of aromatic nitrogens is 3. The molecule has 1 amide bonds. The number of hydrogen-bond donors (Lipinski definition) is 1. The van der Waals surface area contributed by atoms with Gasteiger partial charge in [-0.05, 0) is 61.9 Å². The van der Waals surface area contributed by atoms with Gasteiger partial charge in [0.25, 0.3) is 0 Å². The Bertz CT molecular complexity index is 1830. The Morgan fingerprint density at radius 1 is 0.941 bits per heavy atom. The van der Waals surface area contributed by atoms with Crippen molar-refractivity contribution in [1.82, 2.24) is 25.0 Å². The van der Waals surface area contributed by atoms with Crippen LogP contribution in [0.3, 0.4) is 0 Å². The second-order valence-electron chi connectivity index (χ2n) is 14.3. The maximum Gasteiger partial charge on any atom is 0.238 e. The molecule has 11 nitrogen and oxygen atoms in total. The van der Waals surface area contributed by atoms with Crippen LogP contribution in [0, 0.1) is 11.2 Å². The van der Waals surface area contributed by atoms with E-state index in [0.29, 0.717) is 55.2 Å². The summed E-state index contributed by atoms with van der Waals surface area (Å²) in [5.74, 6) is 1.30. The Kier molecular flexibility index (Phi) is 11.4. The summed E-state index contributed by atoms with van der Waals surface area (Å²) in [4.78, 5) is 23.7. The van der Waals surface area contributed by atoms with Gasteiger partial charge in [0.2, 0.25) is 5.91 Å². The van der Waals surface area contributed by atoms with Crippen molar-refractivity contribution >= 4 is 44.1 Å². The molecule has 13 heteroatoms. The first-order chi connectivity index (χ1) is 24.4. The van der Waals surface area contributed by atoms with Crippen molar-refractivity contribution in [1.29, 1.82) is 0 Å². The smallest absolute Gasteiger partial charge is 0.238 e. The average molecular weight is 765 g/mol. The number of pyridine rings is 1. The number of morpholine rings is 1. The van der Waals surface area contributed by atoms with Gasteiger partial charge < -0.3 is 24.4 Å². The molecule has 0 unspecified atom stereocenters. The number of piperazine rings is 1. The minimum Gasteiger partial charge on any atom is -0.493 e. The third-order valence-corrected chi connectivity index (χ3v) is 11.0. The number of ether oxygens (including phenoxy) is 3. The molecule has 4 aromatic rings.